The van der Waals surface area contributed by atoms with Gasteiger partial charge >= 0.3 is 6.09 Å². The van der Waals surface area contributed by atoms with Crippen molar-refractivity contribution in [3.05, 3.63) is 160 Å². The first-order valence-corrected chi connectivity index (χ1v) is 21.9. The molecule has 0 saturated carbocycles. The number of Topliss-reactive ketones (excluding diaryl/α,β-unsaturated/α-hetero) is 1. The van der Waals surface area contributed by atoms with Gasteiger partial charge in [-0.05, 0) is 109 Å². The summed E-state index contributed by atoms with van der Waals surface area (Å²) < 4.78 is 5.78. The molecular weight excluding hydrogens is 793 g/mol. The van der Waals surface area contributed by atoms with Crippen LogP contribution in [0.2, 0.25) is 0 Å². The first-order valence-electron chi connectivity index (χ1n) is 21.9. The van der Waals surface area contributed by atoms with Gasteiger partial charge in [-0.25, -0.2) is 4.79 Å². The zero-order valence-electron chi connectivity index (χ0n) is 36.0. The number of piperidine rings is 1. The molecule has 2 atom stereocenters. The van der Waals surface area contributed by atoms with Gasteiger partial charge in [0, 0.05) is 67.8 Å². The quantitative estimate of drug-likeness (QED) is 0.0663. The molecule has 326 valence electrons. The normalized spacial score (nSPS) is 14.2. The van der Waals surface area contributed by atoms with Crippen LogP contribution in [0.1, 0.15) is 78.6 Å². The van der Waals surface area contributed by atoms with Crippen molar-refractivity contribution in [3.63, 3.8) is 0 Å². The second-order valence-corrected chi connectivity index (χ2v) is 16.7. The van der Waals surface area contributed by atoms with Gasteiger partial charge in [-0.2, -0.15) is 0 Å². The van der Waals surface area contributed by atoms with Gasteiger partial charge < -0.3 is 29.7 Å². The molecule has 0 spiro atoms. The highest BCUT2D eigenvalue weighted by Gasteiger charge is 2.24. The number of phenolic OH excluding ortho intramolecular Hbond substituents is 1. The van der Waals surface area contributed by atoms with Crippen LogP contribution < -0.4 is 15.8 Å². The van der Waals surface area contributed by atoms with Crippen molar-refractivity contribution in [2.45, 2.75) is 70.5 Å². The Kier molecular flexibility index (Phi) is 14.8. The van der Waals surface area contributed by atoms with Crippen molar-refractivity contribution < 1.29 is 29.3 Å². The lowest BCUT2D eigenvalue weighted by molar-refractivity contribution is -0.118. The number of aliphatic hydroxyl groups excluding tert-OH is 1. The van der Waals surface area contributed by atoms with Crippen molar-refractivity contribution in [2.24, 2.45) is 5.92 Å². The van der Waals surface area contributed by atoms with E-state index >= 15 is 0 Å². The van der Waals surface area contributed by atoms with E-state index in [0.717, 1.165) is 48.3 Å². The third-order valence-electron chi connectivity index (χ3n) is 12.1. The lowest BCUT2D eigenvalue weighted by Crippen LogP contribution is -2.40. The van der Waals surface area contributed by atoms with Gasteiger partial charge in [-0.15, -0.1) is 0 Å². The monoisotopic (exact) mass is 848 g/mol. The number of aromatic hydroxyl groups is 1. The maximum absolute atomic E-state index is 13.2. The molecular formula is C52H56N4O7. The fraction of sp³-hybridized carbons (Fsp3) is 0.308. The second kappa shape index (κ2) is 21.0. The zero-order valence-corrected chi connectivity index (χ0v) is 36.0. The van der Waals surface area contributed by atoms with E-state index in [2.05, 4.69) is 34.3 Å². The Morgan fingerprint density at radius 3 is 2.35 bits per heavy atom. The van der Waals surface area contributed by atoms with Crippen LogP contribution >= 0.6 is 0 Å². The predicted molar refractivity (Wildman–Crippen MR) is 248 cm³/mol. The number of phenols is 1. The van der Waals surface area contributed by atoms with Gasteiger partial charge in [0.1, 0.15) is 11.9 Å². The molecule has 2 heterocycles. The molecule has 2 amide bonds. The summed E-state index contributed by atoms with van der Waals surface area (Å²) in [6, 6.07) is 39.3. The van der Waals surface area contributed by atoms with E-state index in [0.29, 0.717) is 72.8 Å². The Hall–Kier alpha value is -6.56. The Labute approximate surface area is 368 Å². The molecule has 1 fully saturated rings. The number of nitrogens with zero attached hydrogens (tertiary/aromatic N) is 2. The van der Waals surface area contributed by atoms with Crippen molar-refractivity contribution in [1.82, 2.24) is 9.88 Å². The first kappa shape index (κ1) is 44.5. The fourth-order valence-electron chi connectivity index (χ4n) is 8.41. The van der Waals surface area contributed by atoms with E-state index < -0.39 is 12.2 Å². The topological polar surface area (TPSA) is 152 Å². The molecule has 1 saturated heterocycles. The van der Waals surface area contributed by atoms with E-state index in [1.807, 2.05) is 78.9 Å². The number of carbonyl (C=O) groups excluding carboxylic acids is 3. The summed E-state index contributed by atoms with van der Waals surface area (Å²) in [5.41, 5.74) is 6.92. The number of ketones is 1. The number of pyridine rings is 1. The number of aromatic amines is 1. The maximum Gasteiger partial charge on any atom is 0.411 e. The van der Waals surface area contributed by atoms with E-state index in [-0.39, 0.29) is 35.0 Å². The van der Waals surface area contributed by atoms with E-state index in [4.69, 9.17) is 4.74 Å². The minimum absolute atomic E-state index is 0.0149. The number of aryl methyl sites for hydroxylation is 1. The summed E-state index contributed by atoms with van der Waals surface area (Å²) in [4.78, 5) is 57.5. The molecule has 11 heteroatoms. The Morgan fingerprint density at radius 2 is 1.57 bits per heavy atom. The highest BCUT2D eigenvalue weighted by atomic mass is 16.6. The number of likely N-dealkylation sites (tertiary alicyclic amines) is 1. The van der Waals surface area contributed by atoms with Crippen LogP contribution in [0.15, 0.2) is 132 Å². The number of rotatable bonds is 17. The number of ether oxygens (including phenoxy) is 1. The van der Waals surface area contributed by atoms with E-state index in [9.17, 15) is 29.4 Å². The van der Waals surface area contributed by atoms with Gasteiger partial charge in [-0.3, -0.25) is 19.7 Å². The van der Waals surface area contributed by atoms with Gasteiger partial charge in [0.05, 0.1) is 17.3 Å². The number of hydrogen-bond donors (Lipinski definition) is 4. The highest BCUT2D eigenvalue weighted by Crippen LogP contribution is 2.32. The largest absolute Gasteiger partial charge is 0.506 e. The van der Waals surface area contributed by atoms with Crippen LogP contribution in [0, 0.1) is 5.92 Å². The molecule has 0 aliphatic carbocycles. The Bertz CT molecular complexity index is 2570. The average molecular weight is 849 g/mol. The maximum atomic E-state index is 13.2. The number of carbonyl (C=O) groups is 3. The lowest BCUT2D eigenvalue weighted by Gasteiger charge is -2.31. The fourth-order valence-corrected chi connectivity index (χ4v) is 8.41. The average Bonchev–Trinajstić information content (AvgIpc) is 3.30. The molecule has 6 aromatic rings. The van der Waals surface area contributed by atoms with Crippen LogP contribution in [0.5, 0.6) is 5.75 Å². The third kappa shape index (κ3) is 11.9. The highest BCUT2D eigenvalue weighted by molar-refractivity contribution is 5.98. The van der Waals surface area contributed by atoms with Crippen molar-refractivity contribution in [2.75, 3.05) is 36.9 Å². The van der Waals surface area contributed by atoms with Crippen LogP contribution in [0.4, 0.5) is 16.2 Å². The number of amides is 2. The van der Waals surface area contributed by atoms with Gasteiger partial charge in [0.25, 0.3) is 0 Å². The number of H-pyrrole nitrogens is 1. The third-order valence-corrected chi connectivity index (χ3v) is 12.1. The summed E-state index contributed by atoms with van der Waals surface area (Å²) >= 11 is 0. The molecule has 4 N–H and O–H groups in total. The molecule has 7 rings (SSSR count). The number of fused-ring (bicyclic) bond motifs is 1. The summed E-state index contributed by atoms with van der Waals surface area (Å²) in [5, 5.41) is 24.8. The smallest absolute Gasteiger partial charge is 0.411 e. The SMILES string of the molecule is C[C@@H](CC[C@H](O)c1ccc(O)c2[nH]c(=O)ccc12)Cc1cccc(CCC(=O)c2ccc(N(C)C(=O)CCN3CCC(OC(=O)Nc4ccccc4-c4ccccc4)CC3)cc2)c1. The molecule has 1 aliphatic rings. The number of nitrogens with one attached hydrogen (secondary N) is 2. The molecule has 1 aliphatic heterocycles. The Balaban J connectivity index is 0.807. The second-order valence-electron chi connectivity index (χ2n) is 16.7. The van der Waals surface area contributed by atoms with Crippen LogP contribution in [0.25, 0.3) is 22.0 Å². The number of anilines is 2. The zero-order chi connectivity index (χ0) is 44.3. The van der Waals surface area contributed by atoms with Crippen molar-refractivity contribution in [1.29, 1.82) is 0 Å². The number of benzene rings is 5. The lowest BCUT2D eigenvalue weighted by atomic mass is 9.91. The molecule has 0 bridgehead atoms. The number of aromatic nitrogens is 1. The number of para-hydroxylation sites is 1. The predicted octanol–water partition coefficient (Wildman–Crippen LogP) is 9.47. The summed E-state index contributed by atoms with van der Waals surface area (Å²) in [5.74, 6) is 0.284. The van der Waals surface area contributed by atoms with Crippen LogP contribution in [0.3, 0.4) is 0 Å². The Morgan fingerprint density at radius 1 is 0.841 bits per heavy atom. The molecule has 11 nitrogen and oxygen atoms in total. The minimum Gasteiger partial charge on any atom is -0.506 e. The first-order chi connectivity index (χ1) is 30.5. The molecule has 63 heavy (non-hydrogen) atoms. The van der Waals surface area contributed by atoms with Crippen LogP contribution in [-0.4, -0.2) is 70.7 Å². The van der Waals surface area contributed by atoms with E-state index in [1.165, 1.54) is 17.7 Å². The summed E-state index contributed by atoms with van der Waals surface area (Å²) in [6.45, 7) is 4.22. The summed E-state index contributed by atoms with van der Waals surface area (Å²) in [7, 11) is 1.76. The number of aliphatic hydroxyl groups is 1. The standard InChI is InChI=1S/C52H56N4O7/c1-35(15-23-47(58)43-21-25-48(59)51-44(43)22-26-49(60)54-51)33-37-10-8-9-36(34-37)16-24-46(57)39-17-19-40(20-18-39)55(2)50(61)29-32-56-30-27-41(28-31-56)63-52(62)53-45-14-7-6-13-42(45)38-11-4-3-5-12-38/h3-14,17-22,25-26,34-35,41,47,58-59H,15-16,23-24,27-33H2,1-2H3,(H,53,62)(H,54,60)/t35-,47-/m0/s1. The van der Waals surface area contributed by atoms with E-state index in [1.54, 1.807) is 36.2 Å². The number of hydrogen-bond acceptors (Lipinski definition) is 8. The molecule has 5 aromatic carbocycles. The summed E-state index contributed by atoms with van der Waals surface area (Å²) in [6.07, 6.45) is 3.43. The molecule has 0 unspecified atom stereocenters. The van der Waals surface area contributed by atoms with Crippen LogP contribution in [-0.2, 0) is 22.4 Å². The van der Waals surface area contributed by atoms with Gasteiger partial charge in [0.15, 0.2) is 5.78 Å². The van der Waals surface area contributed by atoms with Gasteiger partial charge in [-0.1, -0.05) is 85.8 Å². The van der Waals surface area contributed by atoms with Gasteiger partial charge in [0.2, 0.25) is 11.5 Å². The minimum atomic E-state index is -0.741. The van der Waals surface area contributed by atoms with Crippen molar-refractivity contribution >= 4 is 40.1 Å². The van der Waals surface area contributed by atoms with Crippen molar-refractivity contribution in [3.8, 4) is 16.9 Å². The molecule has 1 aromatic heterocycles. The molecule has 0 radical (unpaired) electrons.